The summed E-state index contributed by atoms with van der Waals surface area (Å²) >= 11 is 4.31. The van der Waals surface area contributed by atoms with Crippen LogP contribution in [0.15, 0.2) is 175 Å². The van der Waals surface area contributed by atoms with Crippen LogP contribution < -0.4 is 9.80 Å². The first kappa shape index (κ1) is 34.7. The van der Waals surface area contributed by atoms with Crippen LogP contribution in [0.2, 0.25) is 0 Å². The first-order valence-electron chi connectivity index (χ1n) is 20.0. The number of nitrogens with zero attached hydrogens (tertiary/aromatic N) is 2. The molecule has 4 aliphatic carbocycles. The van der Waals surface area contributed by atoms with Gasteiger partial charge >= 0.3 is 0 Å². The summed E-state index contributed by atoms with van der Waals surface area (Å²) in [5.74, 6) is 0.736. The normalized spacial score (nSPS) is 16.2. The Morgan fingerprint density at radius 2 is 1.12 bits per heavy atom. The Kier molecular flexibility index (Phi) is 8.34. The molecule has 0 heterocycles. The van der Waals surface area contributed by atoms with E-state index in [0.717, 1.165) is 25.1 Å². The summed E-state index contributed by atoms with van der Waals surface area (Å²) < 4.78 is 0. The van der Waals surface area contributed by atoms with Crippen LogP contribution in [-0.4, -0.2) is 19.3 Å². The second kappa shape index (κ2) is 13.5. The molecule has 274 valence electrons. The summed E-state index contributed by atoms with van der Waals surface area (Å²) in [6.45, 7) is 5.55. The van der Waals surface area contributed by atoms with Crippen molar-refractivity contribution in [3.63, 3.8) is 0 Å². The average Bonchev–Trinajstić information content (AvgIpc) is 3.80. The average molecular weight is 743 g/mol. The number of hydrogen-bond acceptors (Lipinski definition) is 3. The Hall–Kier alpha value is -5.77. The number of benzene rings is 6. The highest BCUT2D eigenvalue weighted by Gasteiger charge is 2.52. The van der Waals surface area contributed by atoms with Gasteiger partial charge in [-0.3, -0.25) is 0 Å². The van der Waals surface area contributed by atoms with E-state index in [1.165, 1.54) is 84.0 Å². The standard InChI is InChI=1S/C53H46N2S/c1-52(2)49-33-37(25-28-43(49)44-30-27-39(35-50(44)52)55(31-15-4-5-16-32-56)36-17-7-6-8-18-36)54(3)38-26-29-45-42-21-11-14-24-48(42)53(51(45)34-38)46-22-12-9-19-40(46)41-20-10-13-23-47(41)53/h4-13,15-23,25-30,33-35,56H,14,24,31-32H2,1-3H3/b15-4-,16-5-. The second-order valence-corrected chi connectivity index (χ2v) is 16.4. The van der Waals surface area contributed by atoms with Crippen molar-refractivity contribution >= 4 is 41.0 Å². The number of anilines is 4. The Morgan fingerprint density at radius 1 is 0.571 bits per heavy atom. The number of para-hydroxylation sites is 1. The van der Waals surface area contributed by atoms with Gasteiger partial charge < -0.3 is 9.80 Å². The van der Waals surface area contributed by atoms with Crippen LogP contribution in [0.25, 0.3) is 27.8 Å². The molecule has 0 amide bonds. The molecule has 0 N–H and O–H groups in total. The van der Waals surface area contributed by atoms with Gasteiger partial charge in [-0.2, -0.15) is 12.6 Å². The minimum absolute atomic E-state index is 0.167. The van der Waals surface area contributed by atoms with E-state index in [1.54, 1.807) is 5.57 Å². The molecule has 6 aromatic rings. The largest absolute Gasteiger partial charge is 0.345 e. The van der Waals surface area contributed by atoms with Crippen molar-refractivity contribution in [1.29, 1.82) is 0 Å². The third kappa shape index (κ3) is 5.10. The molecule has 0 fully saturated rings. The highest BCUT2D eigenvalue weighted by molar-refractivity contribution is 7.80. The molecule has 0 radical (unpaired) electrons. The van der Waals surface area contributed by atoms with Crippen molar-refractivity contribution < 1.29 is 0 Å². The van der Waals surface area contributed by atoms with E-state index in [4.69, 9.17) is 0 Å². The van der Waals surface area contributed by atoms with Gasteiger partial charge in [0, 0.05) is 47.5 Å². The van der Waals surface area contributed by atoms with Crippen molar-refractivity contribution in [2.45, 2.75) is 37.5 Å². The monoisotopic (exact) mass is 742 g/mol. The molecule has 0 saturated heterocycles. The lowest BCUT2D eigenvalue weighted by molar-refractivity contribution is 0.660. The molecule has 6 aromatic carbocycles. The number of rotatable bonds is 8. The van der Waals surface area contributed by atoms with Crippen molar-refractivity contribution in [3.8, 4) is 22.3 Å². The third-order valence-electron chi connectivity index (χ3n) is 12.8. The maximum Gasteiger partial charge on any atom is 0.0689 e. The maximum atomic E-state index is 4.31. The quantitative estimate of drug-likeness (QED) is 0.123. The van der Waals surface area contributed by atoms with E-state index >= 15 is 0 Å². The van der Waals surface area contributed by atoms with Gasteiger partial charge in [-0.25, -0.2) is 0 Å². The highest BCUT2D eigenvalue weighted by atomic mass is 32.1. The zero-order chi connectivity index (χ0) is 38.0. The Labute approximate surface area is 337 Å². The molecule has 0 aromatic heterocycles. The molecule has 0 atom stereocenters. The minimum atomic E-state index is -0.273. The van der Waals surface area contributed by atoms with Gasteiger partial charge in [0.25, 0.3) is 0 Å². The molecule has 10 rings (SSSR count). The zero-order valence-electron chi connectivity index (χ0n) is 32.3. The predicted octanol–water partition coefficient (Wildman–Crippen LogP) is 13.4. The molecule has 0 bridgehead atoms. The van der Waals surface area contributed by atoms with Crippen molar-refractivity contribution in [2.24, 2.45) is 0 Å². The molecule has 3 heteroatoms. The summed E-state index contributed by atoms with van der Waals surface area (Å²) in [7, 11) is 2.23. The lowest BCUT2D eigenvalue weighted by Gasteiger charge is -2.34. The SMILES string of the molecule is CN(c1ccc2c(c1)C(C)(C)c1cc(N(C/C=C\C=C/CS)c3ccccc3)ccc1-2)c1ccc2c(c1)C1(C3=C2C=CCC3)c2ccccc2-c2ccccc21. The fourth-order valence-corrected chi connectivity index (χ4v) is 10.3. The van der Waals surface area contributed by atoms with Crippen LogP contribution in [0.3, 0.4) is 0 Å². The summed E-state index contributed by atoms with van der Waals surface area (Å²) in [5, 5.41) is 0. The number of thiol groups is 1. The van der Waals surface area contributed by atoms with E-state index in [1.807, 2.05) is 0 Å². The van der Waals surface area contributed by atoms with Gasteiger partial charge in [-0.05, 0) is 128 Å². The molecular weight excluding hydrogens is 697 g/mol. The summed E-state index contributed by atoms with van der Waals surface area (Å²) in [6.07, 6.45) is 15.4. The van der Waals surface area contributed by atoms with Gasteiger partial charge in [-0.15, -0.1) is 0 Å². The van der Waals surface area contributed by atoms with Crippen LogP contribution in [0.1, 0.15) is 60.1 Å². The lowest BCUT2D eigenvalue weighted by Crippen LogP contribution is -2.28. The van der Waals surface area contributed by atoms with Crippen LogP contribution in [0.4, 0.5) is 22.7 Å². The van der Waals surface area contributed by atoms with E-state index in [-0.39, 0.29) is 10.8 Å². The van der Waals surface area contributed by atoms with E-state index in [0.29, 0.717) is 0 Å². The molecule has 2 nitrogen and oxygen atoms in total. The zero-order valence-corrected chi connectivity index (χ0v) is 33.2. The molecule has 4 aliphatic rings. The van der Waals surface area contributed by atoms with E-state index in [2.05, 4.69) is 213 Å². The lowest BCUT2D eigenvalue weighted by atomic mass is 9.68. The number of hydrogen-bond donors (Lipinski definition) is 1. The van der Waals surface area contributed by atoms with Gasteiger partial charge in [0.2, 0.25) is 0 Å². The minimum Gasteiger partial charge on any atom is -0.345 e. The van der Waals surface area contributed by atoms with Crippen LogP contribution in [0, 0.1) is 0 Å². The first-order valence-corrected chi connectivity index (χ1v) is 20.6. The molecule has 56 heavy (non-hydrogen) atoms. The van der Waals surface area contributed by atoms with Gasteiger partial charge in [0.1, 0.15) is 0 Å². The smallest absolute Gasteiger partial charge is 0.0689 e. The van der Waals surface area contributed by atoms with Crippen LogP contribution >= 0.6 is 12.6 Å². The summed E-state index contributed by atoms with van der Waals surface area (Å²) in [6, 6.07) is 50.3. The molecule has 0 aliphatic heterocycles. The molecular formula is C53H46N2S. The summed E-state index contributed by atoms with van der Waals surface area (Å²) in [4.78, 5) is 4.79. The fraction of sp³-hybridized carbons (Fsp3) is 0.170. The van der Waals surface area contributed by atoms with Crippen molar-refractivity contribution in [1.82, 2.24) is 0 Å². The van der Waals surface area contributed by atoms with Gasteiger partial charge in [0.15, 0.2) is 0 Å². The number of allylic oxidation sites excluding steroid dienone is 6. The van der Waals surface area contributed by atoms with Gasteiger partial charge in [0.05, 0.1) is 5.41 Å². The third-order valence-corrected chi connectivity index (χ3v) is 13.1. The van der Waals surface area contributed by atoms with Gasteiger partial charge in [-0.1, -0.05) is 135 Å². The highest BCUT2D eigenvalue weighted by Crippen LogP contribution is 2.64. The molecule has 0 saturated carbocycles. The van der Waals surface area contributed by atoms with Crippen LogP contribution in [-0.2, 0) is 10.8 Å². The maximum absolute atomic E-state index is 4.31. The van der Waals surface area contributed by atoms with Crippen molar-refractivity contribution in [3.05, 3.63) is 209 Å². The summed E-state index contributed by atoms with van der Waals surface area (Å²) in [5.41, 5.74) is 21.1. The topological polar surface area (TPSA) is 6.48 Å². The van der Waals surface area contributed by atoms with Crippen LogP contribution in [0.5, 0.6) is 0 Å². The second-order valence-electron chi connectivity index (χ2n) is 16.0. The Balaban J connectivity index is 1.03. The van der Waals surface area contributed by atoms with Crippen molar-refractivity contribution in [2.75, 3.05) is 29.1 Å². The van der Waals surface area contributed by atoms with E-state index in [9.17, 15) is 0 Å². The molecule has 0 unspecified atom stereocenters. The molecule has 1 spiro atoms. The number of fused-ring (bicyclic) bond motifs is 12. The fourth-order valence-electron chi connectivity index (χ4n) is 10.2. The van der Waals surface area contributed by atoms with E-state index < -0.39 is 0 Å². The predicted molar refractivity (Wildman–Crippen MR) is 241 cm³/mol. The Bertz CT molecular complexity index is 2610. The Morgan fingerprint density at radius 3 is 1.80 bits per heavy atom. The first-order chi connectivity index (χ1) is 27.4.